The van der Waals surface area contributed by atoms with E-state index in [0.717, 1.165) is 51.4 Å². The first-order chi connectivity index (χ1) is 34.8. The lowest BCUT2D eigenvalue weighted by atomic mass is 9.99. The topological polar surface area (TPSA) is 149 Å². The summed E-state index contributed by atoms with van der Waals surface area (Å²) in [5.74, 6) is -0.186. The van der Waals surface area contributed by atoms with Crippen LogP contribution in [0.2, 0.25) is 0 Å². The van der Waals surface area contributed by atoms with E-state index in [9.17, 15) is 30.3 Å². The molecule has 71 heavy (non-hydrogen) atoms. The van der Waals surface area contributed by atoms with Gasteiger partial charge in [0.05, 0.1) is 25.4 Å². The molecule has 0 bridgehead atoms. The maximum atomic E-state index is 13.1. The van der Waals surface area contributed by atoms with Crippen LogP contribution in [0.15, 0.2) is 60.8 Å². The van der Waals surface area contributed by atoms with Gasteiger partial charge in [-0.3, -0.25) is 4.79 Å². The lowest BCUT2D eigenvalue weighted by Gasteiger charge is -2.40. The zero-order chi connectivity index (χ0) is 51.5. The summed E-state index contributed by atoms with van der Waals surface area (Å²) in [6.45, 7) is 3.77. The Morgan fingerprint density at radius 2 is 0.845 bits per heavy atom. The predicted octanol–water partition coefficient (Wildman–Crippen LogP) is 15.1. The van der Waals surface area contributed by atoms with E-state index in [4.69, 9.17) is 9.47 Å². The van der Waals surface area contributed by atoms with Crippen molar-refractivity contribution < 1.29 is 39.8 Å². The predicted molar refractivity (Wildman–Crippen MR) is 299 cm³/mol. The van der Waals surface area contributed by atoms with Gasteiger partial charge in [0.1, 0.15) is 24.4 Å². The van der Waals surface area contributed by atoms with Crippen molar-refractivity contribution in [1.82, 2.24) is 5.32 Å². The van der Waals surface area contributed by atoms with Crippen molar-refractivity contribution >= 4 is 5.91 Å². The number of carbonyl (C=O) groups is 1. The molecule has 9 heteroatoms. The monoisotopic (exact) mass is 1000 g/mol. The summed E-state index contributed by atoms with van der Waals surface area (Å²) in [4.78, 5) is 13.1. The molecule has 0 aromatic carbocycles. The Morgan fingerprint density at radius 3 is 1.28 bits per heavy atom. The summed E-state index contributed by atoms with van der Waals surface area (Å²) in [6.07, 6.45) is 62.9. The summed E-state index contributed by atoms with van der Waals surface area (Å²) in [5.41, 5.74) is 0. The van der Waals surface area contributed by atoms with E-state index >= 15 is 0 Å². The molecule has 414 valence electrons. The number of unbranched alkanes of at least 4 members (excludes halogenated alkanes) is 33. The Labute approximate surface area is 436 Å². The van der Waals surface area contributed by atoms with Crippen LogP contribution >= 0.6 is 0 Å². The molecule has 1 fully saturated rings. The Hall–Kier alpha value is -2.11. The Bertz CT molecular complexity index is 1300. The number of amides is 1. The average Bonchev–Trinajstić information content (AvgIpc) is 3.37. The van der Waals surface area contributed by atoms with Crippen LogP contribution in [0.4, 0.5) is 0 Å². The van der Waals surface area contributed by atoms with Gasteiger partial charge in [-0.25, -0.2) is 0 Å². The normalized spacial score (nSPS) is 19.7. The molecule has 1 rings (SSSR count). The minimum atomic E-state index is -1.57. The number of carbonyl (C=O) groups excluding carboxylic acids is 1. The molecule has 1 heterocycles. The molecule has 6 N–H and O–H groups in total. The molecule has 1 amide bonds. The van der Waals surface area contributed by atoms with Gasteiger partial charge in [-0.15, -0.1) is 0 Å². The summed E-state index contributed by atoms with van der Waals surface area (Å²) < 4.78 is 11.3. The van der Waals surface area contributed by atoms with Gasteiger partial charge in [0.25, 0.3) is 0 Å². The van der Waals surface area contributed by atoms with Crippen LogP contribution in [0, 0.1) is 0 Å². The summed E-state index contributed by atoms with van der Waals surface area (Å²) in [6, 6.07) is -0.823. The molecular formula is C62H113NO8. The summed E-state index contributed by atoms with van der Waals surface area (Å²) in [7, 11) is 0. The van der Waals surface area contributed by atoms with E-state index in [2.05, 4.69) is 67.8 Å². The number of nitrogens with one attached hydrogen (secondary N) is 1. The molecule has 9 nitrogen and oxygen atoms in total. The molecule has 0 spiro atoms. The van der Waals surface area contributed by atoms with Crippen molar-refractivity contribution in [3.8, 4) is 0 Å². The van der Waals surface area contributed by atoms with E-state index in [-0.39, 0.29) is 12.5 Å². The number of hydrogen-bond acceptors (Lipinski definition) is 8. The van der Waals surface area contributed by atoms with Crippen molar-refractivity contribution in [2.75, 3.05) is 13.2 Å². The molecule has 0 radical (unpaired) electrons. The van der Waals surface area contributed by atoms with Gasteiger partial charge < -0.3 is 40.3 Å². The number of aliphatic hydroxyl groups is 5. The van der Waals surface area contributed by atoms with Gasteiger partial charge in [0, 0.05) is 6.42 Å². The first-order valence-electron chi connectivity index (χ1n) is 30.0. The van der Waals surface area contributed by atoms with Gasteiger partial charge >= 0.3 is 0 Å². The Balaban J connectivity index is 2.18. The van der Waals surface area contributed by atoms with E-state index in [1.807, 2.05) is 6.08 Å². The second-order valence-electron chi connectivity index (χ2n) is 20.8. The highest BCUT2D eigenvalue weighted by Gasteiger charge is 2.44. The maximum Gasteiger partial charge on any atom is 0.220 e. The third kappa shape index (κ3) is 40.9. The molecule has 7 unspecified atom stereocenters. The van der Waals surface area contributed by atoms with Crippen LogP contribution in [0.3, 0.4) is 0 Å². The number of ether oxygens (including phenoxy) is 2. The highest BCUT2D eigenvalue weighted by molar-refractivity contribution is 5.76. The Morgan fingerprint density at radius 1 is 0.479 bits per heavy atom. The average molecular weight is 1000 g/mol. The van der Waals surface area contributed by atoms with Crippen LogP contribution in [-0.2, 0) is 14.3 Å². The van der Waals surface area contributed by atoms with Gasteiger partial charge in [0.15, 0.2) is 6.29 Å². The number of allylic oxidation sites excluding steroid dienone is 9. The minimum absolute atomic E-state index is 0.186. The van der Waals surface area contributed by atoms with E-state index < -0.39 is 49.5 Å². The van der Waals surface area contributed by atoms with Gasteiger partial charge in [-0.2, -0.15) is 0 Å². The third-order valence-corrected chi connectivity index (χ3v) is 14.1. The van der Waals surface area contributed by atoms with Crippen molar-refractivity contribution in [2.24, 2.45) is 0 Å². The van der Waals surface area contributed by atoms with Gasteiger partial charge in [-0.05, 0) is 70.6 Å². The molecule has 1 aliphatic rings. The highest BCUT2D eigenvalue weighted by Crippen LogP contribution is 2.23. The largest absolute Gasteiger partial charge is 0.394 e. The molecule has 1 aliphatic heterocycles. The van der Waals surface area contributed by atoms with Crippen molar-refractivity contribution in [3.63, 3.8) is 0 Å². The summed E-state index contributed by atoms with van der Waals surface area (Å²) in [5, 5.41) is 54.5. The second kappa shape index (κ2) is 51.4. The van der Waals surface area contributed by atoms with Crippen LogP contribution in [0.5, 0.6) is 0 Å². The van der Waals surface area contributed by atoms with E-state index in [1.165, 1.54) is 199 Å². The van der Waals surface area contributed by atoms with Gasteiger partial charge in [0.2, 0.25) is 5.91 Å². The zero-order valence-corrected chi connectivity index (χ0v) is 46.0. The van der Waals surface area contributed by atoms with Crippen LogP contribution in [0.25, 0.3) is 0 Å². The standard InChI is InChI=1S/C62H113NO8/c1-3-5-7-9-11-13-15-17-19-21-22-23-24-25-26-27-28-29-30-31-32-33-34-36-38-40-42-44-46-48-50-52-58(66)63-55(54-70-62-61(69)60(68)59(67)57(53-64)71-62)56(65)51-49-47-45-43-41-39-37-35-20-18-16-14-12-10-8-6-4-2/h15,17,21-22,24-25,41,43,49,51,55-57,59-62,64-65,67-69H,3-14,16,18-20,23,26-40,42,44-48,50,52-54H2,1-2H3,(H,63,66)/b17-15-,22-21-,25-24-,43-41+,51-49+. The van der Waals surface area contributed by atoms with E-state index in [1.54, 1.807) is 6.08 Å². The molecule has 7 atom stereocenters. The number of aliphatic hydroxyl groups excluding tert-OH is 5. The lowest BCUT2D eigenvalue weighted by molar-refractivity contribution is -0.302. The van der Waals surface area contributed by atoms with Crippen LogP contribution in [0.1, 0.15) is 271 Å². The van der Waals surface area contributed by atoms with Crippen molar-refractivity contribution in [3.05, 3.63) is 60.8 Å². The number of rotatable bonds is 51. The highest BCUT2D eigenvalue weighted by atomic mass is 16.7. The molecule has 0 aromatic heterocycles. The van der Waals surface area contributed by atoms with Crippen LogP contribution in [-0.4, -0.2) is 87.5 Å². The third-order valence-electron chi connectivity index (χ3n) is 14.1. The first-order valence-corrected chi connectivity index (χ1v) is 30.0. The maximum absolute atomic E-state index is 13.1. The van der Waals surface area contributed by atoms with Gasteiger partial charge in [-0.1, -0.05) is 254 Å². The molecule has 0 aliphatic carbocycles. The van der Waals surface area contributed by atoms with Crippen molar-refractivity contribution in [1.29, 1.82) is 0 Å². The first kappa shape index (κ1) is 66.9. The fourth-order valence-electron chi connectivity index (χ4n) is 9.30. The number of hydrogen-bond donors (Lipinski definition) is 6. The molecule has 0 aromatic rings. The quantitative estimate of drug-likeness (QED) is 0.0261. The van der Waals surface area contributed by atoms with Crippen molar-refractivity contribution in [2.45, 2.75) is 314 Å². The molecular weight excluding hydrogens is 887 g/mol. The smallest absolute Gasteiger partial charge is 0.220 e. The molecule has 0 saturated carbocycles. The minimum Gasteiger partial charge on any atom is -0.394 e. The SMILES string of the molecule is CCCCCCC/C=C\C/C=C\C/C=C\CCCCCCCCCCCCCCCCCCC(=O)NC(COC1OC(CO)C(O)C(O)C1O)C(O)/C=C/CC/C=C/CCCCCCCCCCCCC. The fraction of sp³-hybridized carbons (Fsp3) is 0.823. The Kier molecular flexibility index (Phi) is 48.4. The second-order valence-corrected chi connectivity index (χ2v) is 20.8. The van der Waals surface area contributed by atoms with E-state index in [0.29, 0.717) is 6.42 Å². The zero-order valence-electron chi connectivity index (χ0n) is 46.0. The molecule has 1 saturated heterocycles. The summed E-state index contributed by atoms with van der Waals surface area (Å²) >= 11 is 0. The fourth-order valence-corrected chi connectivity index (χ4v) is 9.30. The van der Waals surface area contributed by atoms with Crippen LogP contribution < -0.4 is 5.32 Å². The lowest BCUT2D eigenvalue weighted by Crippen LogP contribution is -2.60.